The fourth-order valence-corrected chi connectivity index (χ4v) is 2.94. The number of hydrogen-bond donors (Lipinski definition) is 1. The predicted molar refractivity (Wildman–Crippen MR) is 66.9 cm³/mol. The second-order valence-corrected chi connectivity index (χ2v) is 5.70. The zero-order chi connectivity index (χ0) is 12.5. The van der Waals surface area contributed by atoms with Crippen LogP contribution < -0.4 is 0 Å². The second-order valence-electron chi connectivity index (χ2n) is 4.43. The highest BCUT2D eigenvalue weighted by Crippen LogP contribution is 2.17. The Balaban J connectivity index is 1.70. The lowest BCUT2D eigenvalue weighted by Gasteiger charge is -2.26. The molecule has 0 aliphatic carbocycles. The molecule has 0 bridgehead atoms. The van der Waals surface area contributed by atoms with E-state index in [9.17, 15) is 0 Å². The molecule has 0 saturated carbocycles. The molecule has 6 nitrogen and oxygen atoms in total. The summed E-state index contributed by atoms with van der Waals surface area (Å²) in [4.78, 5) is 2.33. The van der Waals surface area contributed by atoms with Gasteiger partial charge in [0.25, 0.3) is 0 Å². The molecule has 2 aromatic rings. The van der Waals surface area contributed by atoms with Crippen LogP contribution in [-0.4, -0.2) is 36.5 Å². The number of hydrogen-bond acceptors (Lipinski definition) is 6. The van der Waals surface area contributed by atoms with E-state index >= 15 is 0 Å². The van der Waals surface area contributed by atoms with Crippen molar-refractivity contribution >= 4 is 11.3 Å². The Morgan fingerprint density at radius 2 is 2.28 bits per heavy atom. The van der Waals surface area contributed by atoms with Crippen LogP contribution in [0.4, 0.5) is 0 Å². The zero-order valence-electron chi connectivity index (χ0n) is 10.2. The standard InChI is InChI=1S/C11H15N5OS/c1-8-12-13-11(18-8)6-15-2-3-16-10(5-15)4-9(7-17)14-16/h4,17H,2-3,5-7H2,1H3. The Bertz CT molecular complexity index is 549. The molecule has 1 aliphatic rings. The SMILES string of the molecule is Cc1nnc(CN2CCn3nc(CO)cc3C2)s1. The number of aliphatic hydroxyl groups excluding tert-OH is 1. The van der Waals surface area contributed by atoms with Crippen molar-refractivity contribution < 1.29 is 5.11 Å². The number of nitrogens with zero attached hydrogens (tertiary/aromatic N) is 5. The maximum absolute atomic E-state index is 9.08. The van der Waals surface area contributed by atoms with Gasteiger partial charge in [-0.2, -0.15) is 5.10 Å². The largest absolute Gasteiger partial charge is 0.390 e. The van der Waals surface area contributed by atoms with E-state index in [-0.39, 0.29) is 6.61 Å². The van der Waals surface area contributed by atoms with Gasteiger partial charge in [-0.05, 0) is 13.0 Å². The van der Waals surface area contributed by atoms with Gasteiger partial charge < -0.3 is 5.11 Å². The van der Waals surface area contributed by atoms with E-state index in [4.69, 9.17) is 5.11 Å². The zero-order valence-corrected chi connectivity index (χ0v) is 11.0. The highest BCUT2D eigenvalue weighted by molar-refractivity contribution is 7.11. The van der Waals surface area contributed by atoms with E-state index < -0.39 is 0 Å². The van der Waals surface area contributed by atoms with E-state index in [0.29, 0.717) is 0 Å². The molecule has 0 atom stereocenters. The fraction of sp³-hybridized carbons (Fsp3) is 0.545. The minimum Gasteiger partial charge on any atom is -0.390 e. The smallest absolute Gasteiger partial charge is 0.131 e. The summed E-state index contributed by atoms with van der Waals surface area (Å²) >= 11 is 1.65. The fourth-order valence-electron chi connectivity index (χ4n) is 2.19. The topological polar surface area (TPSA) is 67.1 Å². The van der Waals surface area contributed by atoms with E-state index in [1.165, 1.54) is 0 Å². The van der Waals surface area contributed by atoms with Gasteiger partial charge in [0.15, 0.2) is 0 Å². The van der Waals surface area contributed by atoms with Crippen molar-refractivity contribution in [1.29, 1.82) is 0 Å². The highest BCUT2D eigenvalue weighted by atomic mass is 32.1. The summed E-state index contributed by atoms with van der Waals surface area (Å²) in [6, 6.07) is 1.97. The highest BCUT2D eigenvalue weighted by Gasteiger charge is 2.19. The maximum Gasteiger partial charge on any atom is 0.131 e. The average molecular weight is 265 g/mol. The number of aryl methyl sites for hydroxylation is 1. The number of fused-ring (bicyclic) bond motifs is 1. The normalized spacial score (nSPS) is 15.9. The molecular weight excluding hydrogens is 250 g/mol. The molecule has 7 heteroatoms. The maximum atomic E-state index is 9.08. The van der Waals surface area contributed by atoms with Gasteiger partial charge in [-0.15, -0.1) is 21.5 Å². The van der Waals surface area contributed by atoms with Crippen molar-refractivity contribution in [3.05, 3.63) is 27.5 Å². The molecule has 2 aromatic heterocycles. The third-order valence-corrected chi connectivity index (χ3v) is 3.84. The van der Waals surface area contributed by atoms with Gasteiger partial charge in [0.05, 0.1) is 31.1 Å². The molecule has 18 heavy (non-hydrogen) atoms. The molecular formula is C11H15N5OS. The molecule has 3 rings (SSSR count). The van der Waals surface area contributed by atoms with Gasteiger partial charge in [-0.3, -0.25) is 9.58 Å². The quantitative estimate of drug-likeness (QED) is 0.878. The lowest BCUT2D eigenvalue weighted by Crippen LogP contribution is -2.33. The summed E-state index contributed by atoms with van der Waals surface area (Å²) in [6.45, 7) is 5.50. The average Bonchev–Trinajstić information content (AvgIpc) is 2.94. The first kappa shape index (κ1) is 11.8. The van der Waals surface area contributed by atoms with E-state index in [2.05, 4.69) is 20.2 Å². The van der Waals surface area contributed by atoms with Gasteiger partial charge in [-0.25, -0.2) is 0 Å². The first-order valence-electron chi connectivity index (χ1n) is 5.92. The second kappa shape index (κ2) is 4.75. The number of rotatable bonds is 3. The van der Waals surface area contributed by atoms with Crippen LogP contribution in [0.25, 0.3) is 0 Å². The Morgan fingerprint density at radius 3 is 3.00 bits per heavy atom. The minimum absolute atomic E-state index is 0.00952. The van der Waals surface area contributed by atoms with Crippen LogP contribution in [0.15, 0.2) is 6.07 Å². The molecule has 0 aromatic carbocycles. The third kappa shape index (κ3) is 2.29. The van der Waals surface area contributed by atoms with Crippen molar-refractivity contribution in [3.63, 3.8) is 0 Å². The molecule has 0 spiro atoms. The molecule has 0 fully saturated rings. The van der Waals surface area contributed by atoms with Gasteiger partial charge >= 0.3 is 0 Å². The molecule has 1 aliphatic heterocycles. The lowest BCUT2D eigenvalue weighted by atomic mass is 10.3. The summed E-state index contributed by atoms with van der Waals surface area (Å²) in [5.74, 6) is 0. The van der Waals surface area contributed by atoms with E-state index in [1.807, 2.05) is 17.7 Å². The van der Waals surface area contributed by atoms with Crippen LogP contribution in [-0.2, 0) is 26.2 Å². The Labute approximate surface area is 109 Å². The van der Waals surface area contributed by atoms with Crippen molar-refractivity contribution in [2.45, 2.75) is 33.2 Å². The monoisotopic (exact) mass is 265 g/mol. The van der Waals surface area contributed by atoms with Gasteiger partial charge in [0.1, 0.15) is 10.0 Å². The predicted octanol–water partition coefficient (Wildman–Crippen LogP) is 0.551. The molecule has 96 valence electrons. The summed E-state index contributed by atoms with van der Waals surface area (Å²) < 4.78 is 1.98. The molecule has 0 amide bonds. The van der Waals surface area contributed by atoms with Crippen LogP contribution in [0, 0.1) is 6.92 Å². The summed E-state index contributed by atoms with van der Waals surface area (Å²) in [5.41, 5.74) is 1.91. The van der Waals surface area contributed by atoms with Crippen LogP contribution >= 0.6 is 11.3 Å². The van der Waals surface area contributed by atoms with E-state index in [0.717, 1.165) is 47.6 Å². The summed E-state index contributed by atoms with van der Waals surface area (Å²) in [5, 5.41) is 23.7. The Hall–Kier alpha value is -1.31. The lowest BCUT2D eigenvalue weighted by molar-refractivity contribution is 0.203. The van der Waals surface area contributed by atoms with Crippen molar-refractivity contribution in [2.75, 3.05) is 6.54 Å². The molecule has 3 heterocycles. The molecule has 0 unspecified atom stereocenters. The molecule has 0 saturated heterocycles. The van der Waals surface area contributed by atoms with Crippen LogP contribution in [0.2, 0.25) is 0 Å². The van der Waals surface area contributed by atoms with Crippen molar-refractivity contribution in [3.8, 4) is 0 Å². The minimum atomic E-state index is 0.00952. The summed E-state index contributed by atoms with van der Waals surface area (Å²) in [7, 11) is 0. The first-order valence-corrected chi connectivity index (χ1v) is 6.74. The first-order chi connectivity index (χ1) is 8.74. The molecule has 1 N–H and O–H groups in total. The van der Waals surface area contributed by atoms with Crippen LogP contribution in [0.3, 0.4) is 0 Å². The third-order valence-electron chi connectivity index (χ3n) is 3.02. The van der Waals surface area contributed by atoms with Gasteiger partial charge in [0, 0.05) is 13.1 Å². The van der Waals surface area contributed by atoms with E-state index in [1.54, 1.807) is 11.3 Å². The number of aliphatic hydroxyl groups is 1. The summed E-state index contributed by atoms with van der Waals surface area (Å²) in [6.07, 6.45) is 0. The molecule has 0 radical (unpaired) electrons. The van der Waals surface area contributed by atoms with Crippen LogP contribution in [0.5, 0.6) is 0 Å². The van der Waals surface area contributed by atoms with Gasteiger partial charge in [-0.1, -0.05) is 0 Å². The number of aromatic nitrogens is 4. The Kier molecular flexibility index (Phi) is 3.11. The van der Waals surface area contributed by atoms with Crippen molar-refractivity contribution in [2.24, 2.45) is 0 Å². The van der Waals surface area contributed by atoms with Crippen molar-refractivity contribution in [1.82, 2.24) is 24.9 Å². The van der Waals surface area contributed by atoms with Gasteiger partial charge in [0.2, 0.25) is 0 Å². The Morgan fingerprint density at radius 1 is 1.39 bits per heavy atom. The van der Waals surface area contributed by atoms with Crippen LogP contribution in [0.1, 0.15) is 21.4 Å².